The van der Waals surface area contributed by atoms with Crippen molar-refractivity contribution < 1.29 is 9.90 Å². The van der Waals surface area contributed by atoms with Gasteiger partial charge in [0.2, 0.25) is 0 Å². The highest BCUT2D eigenvalue weighted by molar-refractivity contribution is 7.99. The third-order valence-corrected chi connectivity index (χ3v) is 5.34. The van der Waals surface area contributed by atoms with E-state index < -0.39 is 11.4 Å². The molecular formula is C14H17Cl2NO2S. The number of benzene rings is 1. The second kappa shape index (κ2) is 6.56. The van der Waals surface area contributed by atoms with Gasteiger partial charge in [0.1, 0.15) is 0 Å². The van der Waals surface area contributed by atoms with Gasteiger partial charge in [-0.3, -0.25) is 4.79 Å². The molecule has 1 aliphatic heterocycles. The summed E-state index contributed by atoms with van der Waals surface area (Å²) in [4.78, 5) is 14.3. The highest BCUT2D eigenvalue weighted by Crippen LogP contribution is 2.32. The zero-order valence-corrected chi connectivity index (χ0v) is 13.6. The molecule has 0 spiro atoms. The van der Waals surface area contributed by atoms with Crippen LogP contribution in [0.25, 0.3) is 0 Å². The normalized spacial score (nSPS) is 23.1. The summed E-state index contributed by atoms with van der Waals surface area (Å²) in [6, 6.07) is 5.43. The Labute approximate surface area is 133 Å². The van der Waals surface area contributed by atoms with Crippen LogP contribution in [0.15, 0.2) is 23.1 Å². The fraction of sp³-hybridized carbons (Fsp3) is 0.500. The van der Waals surface area contributed by atoms with Crippen molar-refractivity contribution >= 4 is 40.9 Å². The molecule has 20 heavy (non-hydrogen) atoms. The zero-order valence-electron chi connectivity index (χ0n) is 11.2. The summed E-state index contributed by atoms with van der Waals surface area (Å²) in [5.74, 6) is 0.168. The molecule has 0 aliphatic carbocycles. The van der Waals surface area contributed by atoms with Crippen LogP contribution in [0.2, 0.25) is 10.0 Å². The van der Waals surface area contributed by atoms with Gasteiger partial charge in [-0.25, -0.2) is 0 Å². The molecule has 6 heteroatoms. The van der Waals surface area contributed by atoms with E-state index in [0.717, 1.165) is 23.7 Å². The SMILES string of the molecule is CC1(C(=O)O)CCN(CCSc2cc(Cl)ccc2Cl)C1. The summed E-state index contributed by atoms with van der Waals surface area (Å²) in [7, 11) is 0. The van der Waals surface area contributed by atoms with E-state index >= 15 is 0 Å². The number of carboxylic acids is 1. The summed E-state index contributed by atoms with van der Waals surface area (Å²) >= 11 is 13.7. The number of nitrogens with zero attached hydrogens (tertiary/aromatic N) is 1. The van der Waals surface area contributed by atoms with Crippen molar-refractivity contribution in [3.8, 4) is 0 Å². The number of hydrogen-bond donors (Lipinski definition) is 1. The Morgan fingerprint density at radius 1 is 1.50 bits per heavy atom. The molecule has 1 aliphatic rings. The maximum atomic E-state index is 11.2. The molecular weight excluding hydrogens is 317 g/mol. The highest BCUT2D eigenvalue weighted by atomic mass is 35.5. The fourth-order valence-corrected chi connectivity index (χ4v) is 3.80. The van der Waals surface area contributed by atoms with Crippen LogP contribution >= 0.6 is 35.0 Å². The first-order valence-electron chi connectivity index (χ1n) is 6.44. The number of likely N-dealkylation sites (tertiary alicyclic amines) is 1. The zero-order chi connectivity index (χ0) is 14.8. The number of hydrogen-bond acceptors (Lipinski definition) is 3. The van der Waals surface area contributed by atoms with Crippen molar-refractivity contribution in [2.75, 3.05) is 25.4 Å². The summed E-state index contributed by atoms with van der Waals surface area (Å²) in [5.41, 5.74) is -0.599. The minimum Gasteiger partial charge on any atom is -0.481 e. The standard InChI is InChI=1S/C14H17Cl2NO2S/c1-14(13(18)19)4-5-17(9-14)6-7-20-12-8-10(15)2-3-11(12)16/h2-3,8H,4-7,9H2,1H3,(H,18,19). The number of aliphatic carboxylic acids is 1. The second-order valence-electron chi connectivity index (χ2n) is 5.32. The number of rotatable bonds is 5. The first-order valence-corrected chi connectivity index (χ1v) is 8.18. The number of thioether (sulfide) groups is 1. The molecule has 1 aromatic rings. The predicted octanol–water partition coefficient (Wildman–Crippen LogP) is 3.88. The Morgan fingerprint density at radius 3 is 2.90 bits per heavy atom. The van der Waals surface area contributed by atoms with Crippen LogP contribution in [0.4, 0.5) is 0 Å². The largest absolute Gasteiger partial charge is 0.481 e. The lowest BCUT2D eigenvalue weighted by molar-refractivity contribution is -0.147. The van der Waals surface area contributed by atoms with Gasteiger partial charge in [0.25, 0.3) is 0 Å². The lowest BCUT2D eigenvalue weighted by Gasteiger charge is -2.19. The fourth-order valence-electron chi connectivity index (χ4n) is 2.29. The van der Waals surface area contributed by atoms with Gasteiger partial charge in [0, 0.05) is 28.8 Å². The molecule has 0 bridgehead atoms. The molecule has 1 fully saturated rings. The highest BCUT2D eigenvalue weighted by Gasteiger charge is 2.39. The van der Waals surface area contributed by atoms with E-state index in [-0.39, 0.29) is 0 Å². The smallest absolute Gasteiger partial charge is 0.310 e. The van der Waals surface area contributed by atoms with Crippen molar-refractivity contribution in [2.45, 2.75) is 18.2 Å². The summed E-state index contributed by atoms with van der Waals surface area (Å²) < 4.78 is 0. The second-order valence-corrected chi connectivity index (χ2v) is 7.30. The van der Waals surface area contributed by atoms with E-state index in [0.29, 0.717) is 23.0 Å². The van der Waals surface area contributed by atoms with Gasteiger partial charge in [0.05, 0.1) is 10.4 Å². The molecule has 1 aromatic carbocycles. The first-order chi connectivity index (χ1) is 9.40. The van der Waals surface area contributed by atoms with Gasteiger partial charge < -0.3 is 10.0 Å². The molecule has 110 valence electrons. The van der Waals surface area contributed by atoms with Crippen LogP contribution in [0.3, 0.4) is 0 Å². The molecule has 0 amide bonds. The average Bonchev–Trinajstić information content (AvgIpc) is 2.77. The number of halogens is 2. The minimum atomic E-state index is -0.703. The van der Waals surface area contributed by atoms with Crippen LogP contribution in [0.5, 0.6) is 0 Å². The van der Waals surface area contributed by atoms with Gasteiger partial charge in [-0.05, 0) is 38.1 Å². The summed E-state index contributed by atoms with van der Waals surface area (Å²) in [6.07, 6.45) is 0.713. The van der Waals surface area contributed by atoms with Gasteiger partial charge in [-0.15, -0.1) is 11.8 Å². The van der Waals surface area contributed by atoms with Gasteiger partial charge in [0.15, 0.2) is 0 Å². The van der Waals surface area contributed by atoms with Crippen LogP contribution < -0.4 is 0 Å². The number of carboxylic acid groups (broad SMARTS) is 1. The monoisotopic (exact) mass is 333 g/mol. The van der Waals surface area contributed by atoms with Crippen molar-refractivity contribution in [3.63, 3.8) is 0 Å². The molecule has 1 atom stereocenters. The molecule has 0 aromatic heterocycles. The number of carbonyl (C=O) groups is 1. The van der Waals surface area contributed by atoms with Gasteiger partial charge >= 0.3 is 5.97 Å². The van der Waals surface area contributed by atoms with Gasteiger partial charge in [-0.2, -0.15) is 0 Å². The lowest BCUT2D eigenvalue weighted by atomic mass is 9.90. The summed E-state index contributed by atoms with van der Waals surface area (Å²) in [5, 5.41) is 10.6. The maximum Gasteiger partial charge on any atom is 0.310 e. The molecule has 1 unspecified atom stereocenters. The Hall–Kier alpha value is -0.420. The third-order valence-electron chi connectivity index (χ3n) is 3.63. The molecule has 1 saturated heterocycles. The summed E-state index contributed by atoms with van der Waals surface area (Å²) in [6.45, 7) is 4.13. The quantitative estimate of drug-likeness (QED) is 0.830. The van der Waals surface area contributed by atoms with Crippen LogP contribution in [0, 0.1) is 5.41 Å². The Balaban J connectivity index is 1.83. The minimum absolute atomic E-state index is 0.599. The lowest BCUT2D eigenvalue weighted by Crippen LogP contribution is -2.32. The predicted molar refractivity (Wildman–Crippen MR) is 84.0 cm³/mol. The average molecular weight is 334 g/mol. The Bertz CT molecular complexity index is 512. The van der Waals surface area contributed by atoms with E-state index in [1.807, 2.05) is 13.0 Å². The van der Waals surface area contributed by atoms with Crippen molar-refractivity contribution in [2.24, 2.45) is 5.41 Å². The van der Waals surface area contributed by atoms with E-state index in [1.54, 1.807) is 23.9 Å². The molecule has 1 N–H and O–H groups in total. The van der Waals surface area contributed by atoms with Crippen molar-refractivity contribution in [3.05, 3.63) is 28.2 Å². The van der Waals surface area contributed by atoms with Crippen molar-refractivity contribution in [1.29, 1.82) is 0 Å². The topological polar surface area (TPSA) is 40.5 Å². The van der Waals surface area contributed by atoms with Crippen molar-refractivity contribution in [1.82, 2.24) is 4.90 Å². The molecule has 1 heterocycles. The van der Waals surface area contributed by atoms with E-state index in [2.05, 4.69) is 4.90 Å². The molecule has 0 saturated carbocycles. The molecule has 2 rings (SSSR count). The van der Waals surface area contributed by atoms with Crippen LogP contribution in [-0.4, -0.2) is 41.4 Å². The third kappa shape index (κ3) is 3.82. The Morgan fingerprint density at radius 2 is 2.25 bits per heavy atom. The van der Waals surface area contributed by atoms with E-state index in [4.69, 9.17) is 23.2 Å². The van der Waals surface area contributed by atoms with Crippen LogP contribution in [0.1, 0.15) is 13.3 Å². The van der Waals surface area contributed by atoms with Crippen LogP contribution in [-0.2, 0) is 4.79 Å². The maximum absolute atomic E-state index is 11.2. The molecule has 3 nitrogen and oxygen atoms in total. The first kappa shape index (κ1) is 16.0. The van der Waals surface area contributed by atoms with E-state index in [9.17, 15) is 9.90 Å². The van der Waals surface area contributed by atoms with E-state index in [1.165, 1.54) is 0 Å². The van der Waals surface area contributed by atoms with Gasteiger partial charge in [-0.1, -0.05) is 23.2 Å². The molecule has 0 radical (unpaired) electrons. The Kier molecular flexibility index (Phi) is 5.24.